The van der Waals surface area contributed by atoms with Crippen LogP contribution in [0.3, 0.4) is 0 Å². The van der Waals surface area contributed by atoms with Gasteiger partial charge in [-0.3, -0.25) is 13.8 Å². The van der Waals surface area contributed by atoms with E-state index in [1.165, 1.54) is 55.9 Å². The van der Waals surface area contributed by atoms with Crippen LogP contribution in [0.5, 0.6) is 0 Å². The number of nitrogens with zero attached hydrogens (tertiary/aromatic N) is 6. The van der Waals surface area contributed by atoms with E-state index in [2.05, 4.69) is 196 Å². The topological polar surface area (TPSA) is 93.4 Å². The molecule has 12 heteroatoms. The fourth-order valence-electron chi connectivity index (χ4n) is 9.71. The molecule has 5 heterocycles. The summed E-state index contributed by atoms with van der Waals surface area (Å²) < 4.78 is 57.5. The number of furan rings is 1. The Morgan fingerprint density at radius 3 is 1.78 bits per heavy atom. The Labute approximate surface area is 505 Å². The molecule has 0 saturated heterocycles. The predicted octanol–water partition coefficient (Wildman–Crippen LogP) is 17.7. The molecule has 12 aromatic rings. The third kappa shape index (κ3) is 13.2. The second-order valence-electron chi connectivity index (χ2n) is 22.8. The van der Waals surface area contributed by atoms with E-state index in [0.717, 1.165) is 50.1 Å². The standard InChI is InChI=1S/C43H33N4O.2C14H15FNSi.Ir/c1-26(2)36-23-31(30-19-17-29(18-20-30)28-11-6-5-7-12-28)24-37(27(3)4)40(36)47-39-16-9-8-15-38(39)46-42(47)35-14-10-13-33-34-22-21-32(25-44)45-43(34)48-41(33)35;2*1-17(2,3)13-8-9-14(16-10-13)11-4-6-12(15)7-5-11;/h5-13,15-24,26-27H,1-4H3;2*4,6-10H,1-3H3;/q3*-1;+3/i;4D,6D,7D;;. The summed E-state index contributed by atoms with van der Waals surface area (Å²) in [6, 6.07) is 61.7. The van der Waals surface area contributed by atoms with E-state index in [0.29, 0.717) is 22.7 Å². The summed E-state index contributed by atoms with van der Waals surface area (Å²) in [5, 5.41) is 13.7. The fourth-order valence-corrected chi connectivity index (χ4v) is 11.8. The number of para-hydroxylation sites is 2. The minimum atomic E-state index is -1.46. The average Bonchev–Trinajstić information content (AvgIpc) is 1.57. The minimum Gasteiger partial charge on any atom is -0.486 e. The zero-order valence-corrected chi connectivity index (χ0v) is 52.4. The van der Waals surface area contributed by atoms with E-state index in [1.54, 1.807) is 24.4 Å². The van der Waals surface area contributed by atoms with Crippen molar-refractivity contribution in [3.05, 3.63) is 235 Å². The van der Waals surface area contributed by atoms with Crippen LogP contribution in [0.2, 0.25) is 39.3 Å². The van der Waals surface area contributed by atoms with Gasteiger partial charge in [0.05, 0.1) is 38.6 Å². The van der Waals surface area contributed by atoms with Crippen molar-refractivity contribution < 1.29 is 37.4 Å². The Kier molecular flexibility index (Phi) is 16.7. The normalized spacial score (nSPS) is 12.0. The maximum atomic E-state index is 13.4. The van der Waals surface area contributed by atoms with E-state index in [9.17, 15) is 14.0 Å². The molecule has 0 fully saturated rings. The fraction of sp³-hybridized carbons (Fsp3) is 0.169. The van der Waals surface area contributed by atoms with Crippen LogP contribution in [0, 0.1) is 41.2 Å². The van der Waals surface area contributed by atoms with Gasteiger partial charge in [0, 0.05) is 37.8 Å². The van der Waals surface area contributed by atoms with Crippen LogP contribution in [-0.2, 0) is 20.1 Å². The molecule has 0 aliphatic carbocycles. The molecule has 7 nitrogen and oxygen atoms in total. The van der Waals surface area contributed by atoms with Crippen molar-refractivity contribution in [1.29, 1.82) is 5.26 Å². The Bertz CT molecular complexity index is 4410. The van der Waals surface area contributed by atoms with Crippen molar-refractivity contribution in [2.75, 3.05) is 0 Å². The minimum absolute atomic E-state index is 0. The molecular formula is C71H63F2IrN6OSi2. The molecule has 414 valence electrons. The molecule has 0 saturated carbocycles. The van der Waals surface area contributed by atoms with Crippen LogP contribution >= 0.6 is 0 Å². The number of hydrogen-bond acceptors (Lipinski definition) is 6. The van der Waals surface area contributed by atoms with Gasteiger partial charge in [0.15, 0.2) is 0 Å². The van der Waals surface area contributed by atoms with Crippen molar-refractivity contribution in [2.45, 2.75) is 78.8 Å². The van der Waals surface area contributed by atoms with E-state index in [-0.39, 0.29) is 49.4 Å². The van der Waals surface area contributed by atoms with Gasteiger partial charge in [-0.2, -0.15) is 5.26 Å². The Morgan fingerprint density at radius 1 is 0.602 bits per heavy atom. The molecule has 5 aromatic heterocycles. The second kappa shape index (κ2) is 25.0. The molecule has 12 rings (SSSR count). The zero-order valence-electron chi connectivity index (χ0n) is 51.0. The van der Waals surface area contributed by atoms with Crippen molar-refractivity contribution in [1.82, 2.24) is 24.5 Å². The maximum absolute atomic E-state index is 13.4. The van der Waals surface area contributed by atoms with Crippen LogP contribution in [0.25, 0.3) is 94.9 Å². The van der Waals surface area contributed by atoms with Crippen molar-refractivity contribution >= 4 is 59.6 Å². The number of imidazole rings is 1. The number of nitriles is 1. The first kappa shape index (κ1) is 55.2. The van der Waals surface area contributed by atoms with Gasteiger partial charge < -0.3 is 19.0 Å². The second-order valence-corrected chi connectivity index (χ2v) is 33.0. The van der Waals surface area contributed by atoms with Crippen LogP contribution in [0.15, 0.2) is 193 Å². The molecule has 0 unspecified atom stereocenters. The smallest absolute Gasteiger partial charge is 0.486 e. The number of rotatable bonds is 10. The summed E-state index contributed by atoms with van der Waals surface area (Å²) in [5.74, 6) is -0.0701. The molecule has 0 bridgehead atoms. The van der Waals surface area contributed by atoms with Crippen molar-refractivity contribution in [2.24, 2.45) is 0 Å². The molecule has 7 aromatic carbocycles. The number of pyridine rings is 3. The summed E-state index contributed by atoms with van der Waals surface area (Å²) in [6.07, 6.45) is 3.68. The zero-order chi connectivity index (χ0) is 60.5. The first-order valence-corrected chi connectivity index (χ1v) is 34.3. The summed E-state index contributed by atoms with van der Waals surface area (Å²) >= 11 is 0. The van der Waals surface area contributed by atoms with Crippen LogP contribution in [-0.4, -0.2) is 40.7 Å². The van der Waals surface area contributed by atoms with E-state index in [1.807, 2.05) is 48.7 Å². The third-order valence-electron chi connectivity index (χ3n) is 14.3. The van der Waals surface area contributed by atoms with Crippen molar-refractivity contribution in [3.63, 3.8) is 0 Å². The predicted molar refractivity (Wildman–Crippen MR) is 337 cm³/mol. The molecule has 0 radical (unpaired) electrons. The molecule has 0 amide bonds. The van der Waals surface area contributed by atoms with Gasteiger partial charge in [-0.15, -0.1) is 77.8 Å². The third-order valence-corrected chi connectivity index (χ3v) is 18.4. The van der Waals surface area contributed by atoms with Crippen LogP contribution in [0.1, 0.15) is 60.5 Å². The van der Waals surface area contributed by atoms with E-state index < -0.39 is 34.0 Å². The summed E-state index contributed by atoms with van der Waals surface area (Å²) in [7, 11) is -2.75. The molecule has 0 aliphatic rings. The molecule has 83 heavy (non-hydrogen) atoms. The first-order chi connectivity index (χ1) is 40.6. The van der Waals surface area contributed by atoms with Crippen LogP contribution < -0.4 is 10.4 Å². The monoisotopic (exact) mass is 1310 g/mol. The Balaban J connectivity index is 0.000000190. The van der Waals surface area contributed by atoms with Gasteiger partial charge >= 0.3 is 20.1 Å². The Morgan fingerprint density at radius 2 is 1.20 bits per heavy atom. The van der Waals surface area contributed by atoms with E-state index >= 15 is 0 Å². The first-order valence-electron chi connectivity index (χ1n) is 28.8. The molecule has 0 N–H and O–H groups in total. The van der Waals surface area contributed by atoms with Gasteiger partial charge in [0.2, 0.25) is 5.71 Å². The molecule has 0 spiro atoms. The van der Waals surface area contributed by atoms with Gasteiger partial charge in [-0.25, -0.2) is 4.98 Å². The van der Waals surface area contributed by atoms with Gasteiger partial charge in [0.1, 0.15) is 11.8 Å². The number of fused-ring (bicyclic) bond motifs is 4. The summed E-state index contributed by atoms with van der Waals surface area (Å²) in [4.78, 5) is 18.4. The van der Waals surface area contributed by atoms with E-state index in [4.69, 9.17) is 13.5 Å². The largest absolute Gasteiger partial charge is 3.00 e. The number of aromatic nitrogens is 5. The van der Waals surface area contributed by atoms with Crippen LogP contribution in [0.4, 0.5) is 8.78 Å². The quantitative estimate of drug-likeness (QED) is 0.100. The van der Waals surface area contributed by atoms with Crippen molar-refractivity contribution in [3.8, 4) is 67.9 Å². The van der Waals surface area contributed by atoms with Gasteiger partial charge in [-0.05, 0) is 105 Å². The number of benzene rings is 7. The SMILES string of the molecule is CC(C)c1cc(-c2ccc(-c3ccccc3)cc2)cc(C(C)C)c1-n1c(-c2[c-]ccc3c2oc2nc(C#N)ccc23)nc2ccccc21.C[Si](C)(C)c1ccc(-c2[c-]cc(F)cc2)nc1.[2H]c1[c-]c(-c2ccc([Si](C)(C)C)cn2)c([2H])c([2H])c1F.[Ir+3]. The molecule has 0 atom stereocenters. The Hall–Kier alpha value is -8.31. The number of hydrogen-bond donors (Lipinski definition) is 0. The number of halogens is 2. The van der Waals surface area contributed by atoms with Gasteiger partial charge in [-0.1, -0.05) is 169 Å². The maximum Gasteiger partial charge on any atom is 3.00 e. The molecular weight excluding hydrogens is 1240 g/mol. The van der Waals surface area contributed by atoms with Gasteiger partial charge in [0.25, 0.3) is 0 Å². The summed E-state index contributed by atoms with van der Waals surface area (Å²) in [6.45, 7) is 22.5. The molecule has 0 aliphatic heterocycles. The summed E-state index contributed by atoms with van der Waals surface area (Å²) in [5.41, 5.74) is 14.8. The average molecular weight is 1310 g/mol.